The molecule has 0 aliphatic rings. The van der Waals surface area contributed by atoms with Crippen molar-refractivity contribution in [1.29, 1.82) is 5.26 Å². The summed E-state index contributed by atoms with van der Waals surface area (Å²) in [5.74, 6) is -5.55. The minimum Gasteiger partial charge on any atom is -0.480 e. The number of amides is 1. The third-order valence-electron chi connectivity index (χ3n) is 7.28. The molecule has 0 saturated carbocycles. The topological polar surface area (TPSA) is 115 Å². The van der Waals surface area contributed by atoms with E-state index in [1.807, 2.05) is 6.07 Å². The molecular weight excluding hydrogens is 624 g/mol. The molecule has 0 aliphatic carbocycles. The maximum absolute atomic E-state index is 15.1. The molecule has 0 unspecified atom stereocenters. The number of carbonyl (C=O) groups excluding carboxylic acids is 1. The van der Waals surface area contributed by atoms with Crippen LogP contribution in [0, 0.1) is 23.0 Å². The summed E-state index contributed by atoms with van der Waals surface area (Å²) in [6.45, 7) is 0. The fraction of sp³-hybridized carbons (Fsp3) is 0.118. The van der Waals surface area contributed by atoms with Crippen molar-refractivity contribution in [3.05, 3.63) is 130 Å². The second-order valence-corrected chi connectivity index (χ2v) is 10.6. The number of halogens is 5. The van der Waals surface area contributed by atoms with E-state index in [1.54, 1.807) is 54.6 Å². The van der Waals surface area contributed by atoms with Gasteiger partial charge in [-0.05, 0) is 41.5 Å². The van der Waals surface area contributed by atoms with Crippen molar-refractivity contribution in [1.82, 2.24) is 10.3 Å². The van der Waals surface area contributed by atoms with Gasteiger partial charge in [-0.3, -0.25) is 9.78 Å². The van der Waals surface area contributed by atoms with Gasteiger partial charge >= 0.3 is 5.97 Å². The number of nitrogens with one attached hydrogen (secondary N) is 2. The Balaban J connectivity index is 1.40. The number of nitrogens with zero attached hydrogens (tertiary/aromatic N) is 2. The summed E-state index contributed by atoms with van der Waals surface area (Å²) in [5.41, 5.74) is 1.28. The average Bonchev–Trinajstić information content (AvgIpc) is 3.03. The van der Waals surface area contributed by atoms with Crippen LogP contribution in [0.4, 0.5) is 23.2 Å². The Morgan fingerprint density at radius 3 is 2.26 bits per heavy atom. The highest BCUT2D eigenvalue weighted by atomic mass is 35.5. The molecule has 7 nitrogen and oxygen atoms in total. The van der Waals surface area contributed by atoms with Gasteiger partial charge in [-0.1, -0.05) is 66.2 Å². The summed E-state index contributed by atoms with van der Waals surface area (Å²) in [5, 5.41) is 24.5. The van der Waals surface area contributed by atoms with E-state index in [4.69, 9.17) is 16.9 Å². The molecule has 12 heteroatoms. The molecule has 1 aromatic heterocycles. The zero-order chi connectivity index (χ0) is 33.0. The molecule has 46 heavy (non-hydrogen) atoms. The zero-order valence-electron chi connectivity index (χ0n) is 23.6. The summed E-state index contributed by atoms with van der Waals surface area (Å²) < 4.78 is 57.6. The van der Waals surface area contributed by atoms with Crippen LogP contribution in [0.3, 0.4) is 0 Å². The molecule has 232 valence electrons. The first-order valence-electron chi connectivity index (χ1n) is 13.8. The van der Waals surface area contributed by atoms with E-state index < -0.39 is 47.6 Å². The number of nitriles is 1. The highest BCUT2D eigenvalue weighted by Gasteiger charge is 2.28. The lowest BCUT2D eigenvalue weighted by molar-refractivity contribution is -0.139. The number of pyridine rings is 1. The molecule has 5 rings (SSSR count). The van der Waals surface area contributed by atoms with Crippen LogP contribution in [0.2, 0.25) is 5.02 Å². The zero-order valence-corrected chi connectivity index (χ0v) is 24.4. The van der Waals surface area contributed by atoms with Gasteiger partial charge in [0.1, 0.15) is 29.3 Å². The second kappa shape index (κ2) is 13.7. The van der Waals surface area contributed by atoms with Crippen LogP contribution in [-0.4, -0.2) is 34.4 Å². The van der Waals surface area contributed by atoms with Crippen LogP contribution in [0.25, 0.3) is 22.0 Å². The standard InChI is InChI=1S/C34H23ClF4N4O3/c35-25-13-18(17-40)8-10-23(25)24-11-9-20(22-7-4-12-41-31(22)24)14-28(34(45)46)43-33(44)29-26(36)15-21(16-27(29)37)42-30(32(38)39)19-5-2-1-3-6-19/h1-13,15-16,28,30,32,42H,14H2,(H,43,44)(H,45,46)/t28-,30+/m0/s1. The van der Waals surface area contributed by atoms with Gasteiger partial charge in [0.25, 0.3) is 12.3 Å². The number of hydrogen-bond donors (Lipinski definition) is 3. The van der Waals surface area contributed by atoms with Gasteiger partial charge < -0.3 is 15.7 Å². The largest absolute Gasteiger partial charge is 0.480 e. The fourth-order valence-corrected chi connectivity index (χ4v) is 5.37. The van der Waals surface area contributed by atoms with Gasteiger partial charge in [0, 0.05) is 39.8 Å². The Morgan fingerprint density at radius 1 is 0.935 bits per heavy atom. The number of anilines is 1. The van der Waals surface area contributed by atoms with E-state index in [1.165, 1.54) is 24.4 Å². The third-order valence-corrected chi connectivity index (χ3v) is 7.59. The summed E-state index contributed by atoms with van der Waals surface area (Å²) in [6.07, 6.45) is -1.66. The molecule has 0 radical (unpaired) electrons. The van der Waals surface area contributed by atoms with Crippen molar-refractivity contribution in [2.24, 2.45) is 0 Å². The molecule has 0 fully saturated rings. The van der Waals surface area contributed by atoms with Crippen molar-refractivity contribution >= 4 is 40.1 Å². The smallest absolute Gasteiger partial charge is 0.326 e. The van der Waals surface area contributed by atoms with Crippen LogP contribution >= 0.6 is 11.6 Å². The molecule has 3 N–H and O–H groups in total. The number of alkyl halides is 2. The minimum atomic E-state index is -2.92. The third kappa shape index (κ3) is 6.77. The van der Waals surface area contributed by atoms with Gasteiger partial charge in [-0.2, -0.15) is 5.26 Å². The van der Waals surface area contributed by atoms with Crippen LogP contribution < -0.4 is 10.6 Å². The van der Waals surface area contributed by atoms with E-state index in [0.29, 0.717) is 50.3 Å². The van der Waals surface area contributed by atoms with Crippen molar-refractivity contribution in [2.75, 3.05) is 5.32 Å². The predicted octanol–water partition coefficient (Wildman–Crippen LogP) is 7.55. The van der Waals surface area contributed by atoms with Crippen molar-refractivity contribution in [2.45, 2.75) is 24.9 Å². The Hall–Kier alpha value is -5.47. The van der Waals surface area contributed by atoms with E-state index in [9.17, 15) is 23.5 Å². The van der Waals surface area contributed by atoms with Gasteiger partial charge in [0.05, 0.1) is 17.1 Å². The van der Waals surface area contributed by atoms with Gasteiger partial charge in [-0.15, -0.1) is 0 Å². The quantitative estimate of drug-likeness (QED) is 0.135. The summed E-state index contributed by atoms with van der Waals surface area (Å²) >= 11 is 6.42. The lowest BCUT2D eigenvalue weighted by atomic mass is 9.94. The number of aliphatic carboxylic acids is 1. The minimum absolute atomic E-state index is 0.181. The number of carboxylic acid groups (broad SMARTS) is 1. The normalized spacial score (nSPS) is 12.4. The van der Waals surface area contributed by atoms with Gasteiger partial charge in [0.15, 0.2) is 0 Å². The Kier molecular flexibility index (Phi) is 9.49. The second-order valence-electron chi connectivity index (χ2n) is 10.2. The SMILES string of the molecule is N#Cc1ccc(-c2ccc(C[C@H](NC(=O)c3c(F)cc(N[C@H](c4ccccc4)C(F)F)cc3F)C(=O)O)c3cccnc23)c(Cl)c1. The molecule has 0 saturated heterocycles. The summed E-state index contributed by atoms with van der Waals surface area (Å²) in [7, 11) is 0. The molecule has 0 aliphatic heterocycles. The number of carbonyl (C=O) groups is 2. The molecular formula is C34H23ClF4N4O3. The summed E-state index contributed by atoms with van der Waals surface area (Å²) in [4.78, 5) is 29.6. The Labute approximate surface area is 265 Å². The highest BCUT2D eigenvalue weighted by molar-refractivity contribution is 6.33. The van der Waals surface area contributed by atoms with Crippen molar-refractivity contribution < 1.29 is 32.3 Å². The van der Waals surface area contributed by atoms with Crippen LogP contribution in [0.15, 0.2) is 91.1 Å². The first-order valence-corrected chi connectivity index (χ1v) is 14.1. The Morgan fingerprint density at radius 2 is 1.63 bits per heavy atom. The first-order chi connectivity index (χ1) is 22.1. The Bertz CT molecular complexity index is 1960. The highest BCUT2D eigenvalue weighted by Crippen LogP contribution is 2.35. The van der Waals surface area contributed by atoms with E-state index in [-0.39, 0.29) is 17.7 Å². The lowest BCUT2D eigenvalue weighted by Crippen LogP contribution is -2.43. The average molecular weight is 647 g/mol. The van der Waals surface area contributed by atoms with E-state index >= 15 is 8.78 Å². The number of rotatable bonds is 10. The number of benzene rings is 4. The molecule has 1 heterocycles. The lowest BCUT2D eigenvalue weighted by Gasteiger charge is -2.21. The molecule has 1 amide bonds. The van der Waals surface area contributed by atoms with Crippen molar-refractivity contribution in [3.63, 3.8) is 0 Å². The monoisotopic (exact) mass is 646 g/mol. The molecule has 2 atom stereocenters. The van der Waals surface area contributed by atoms with Gasteiger partial charge in [-0.25, -0.2) is 22.4 Å². The molecule has 0 spiro atoms. The van der Waals surface area contributed by atoms with Crippen LogP contribution in [0.1, 0.15) is 33.1 Å². The number of carboxylic acids is 1. The first kappa shape index (κ1) is 31.9. The maximum atomic E-state index is 15.1. The predicted molar refractivity (Wildman–Crippen MR) is 165 cm³/mol. The van der Waals surface area contributed by atoms with E-state index in [2.05, 4.69) is 15.6 Å². The number of aromatic nitrogens is 1. The van der Waals surface area contributed by atoms with Crippen LogP contribution in [0.5, 0.6) is 0 Å². The van der Waals surface area contributed by atoms with Crippen LogP contribution in [-0.2, 0) is 11.2 Å². The number of fused-ring (bicyclic) bond motifs is 1. The molecule has 4 aromatic carbocycles. The molecule has 5 aromatic rings. The molecule has 0 bridgehead atoms. The van der Waals surface area contributed by atoms with Gasteiger partial charge in [0.2, 0.25) is 0 Å². The number of hydrogen-bond acceptors (Lipinski definition) is 5. The van der Waals surface area contributed by atoms with E-state index in [0.717, 1.165) is 0 Å². The van der Waals surface area contributed by atoms with Crippen molar-refractivity contribution in [3.8, 4) is 17.2 Å². The maximum Gasteiger partial charge on any atom is 0.326 e. The fourth-order valence-electron chi connectivity index (χ4n) is 5.09. The summed E-state index contributed by atoms with van der Waals surface area (Å²) in [6, 6.07) is 19.2.